The standard InChI is InChI=1S/C7H5N.C5H9NO5S/c8-6-7-4-2-1-3-5-7;1-12(8,9)10-3-4-2-6-5(7)11-4/h1-5H;4H,2-3H2,1H3,(H,6,7). The Bertz CT molecular complexity index is 580. The highest BCUT2D eigenvalue weighted by atomic mass is 32.2. The Labute approximate surface area is 117 Å². The number of nitrogens with zero attached hydrogens (tertiary/aromatic N) is 1. The molecule has 1 atom stereocenters. The monoisotopic (exact) mass is 298 g/mol. The zero-order chi connectivity index (χ0) is 15.0. The van der Waals surface area contributed by atoms with Crippen molar-refractivity contribution in [1.82, 2.24) is 5.32 Å². The van der Waals surface area contributed by atoms with Crippen LogP contribution in [0.4, 0.5) is 4.79 Å². The first kappa shape index (κ1) is 15.9. The van der Waals surface area contributed by atoms with E-state index in [0.717, 1.165) is 6.26 Å². The molecule has 108 valence electrons. The lowest BCUT2D eigenvalue weighted by atomic mass is 10.2. The van der Waals surface area contributed by atoms with Crippen molar-refractivity contribution in [2.24, 2.45) is 0 Å². The maximum absolute atomic E-state index is 10.5. The minimum atomic E-state index is -3.45. The molecule has 1 amide bonds. The van der Waals surface area contributed by atoms with Crippen molar-refractivity contribution in [1.29, 1.82) is 5.26 Å². The van der Waals surface area contributed by atoms with Gasteiger partial charge in [0.2, 0.25) is 0 Å². The van der Waals surface area contributed by atoms with Gasteiger partial charge in [0.15, 0.2) is 0 Å². The second-order valence-corrected chi connectivity index (χ2v) is 5.52. The van der Waals surface area contributed by atoms with E-state index >= 15 is 0 Å². The van der Waals surface area contributed by atoms with Gasteiger partial charge in [0.25, 0.3) is 10.1 Å². The molecule has 0 saturated carbocycles. The zero-order valence-electron chi connectivity index (χ0n) is 10.8. The van der Waals surface area contributed by atoms with Gasteiger partial charge in [-0.25, -0.2) is 4.79 Å². The van der Waals surface area contributed by atoms with Gasteiger partial charge in [-0.2, -0.15) is 13.7 Å². The molecule has 0 spiro atoms. The van der Waals surface area contributed by atoms with E-state index in [4.69, 9.17) is 5.26 Å². The Morgan fingerprint density at radius 2 is 2.10 bits per heavy atom. The third-order valence-corrected chi connectivity index (χ3v) is 2.68. The van der Waals surface area contributed by atoms with Crippen LogP contribution in [0.1, 0.15) is 5.56 Å². The Balaban J connectivity index is 0.000000217. The summed E-state index contributed by atoms with van der Waals surface area (Å²) < 4.78 is 30.0. The van der Waals surface area contributed by atoms with Gasteiger partial charge in [-0.1, -0.05) is 18.2 Å². The summed E-state index contributed by atoms with van der Waals surface area (Å²) >= 11 is 0. The highest BCUT2D eigenvalue weighted by Gasteiger charge is 2.23. The number of benzene rings is 1. The number of hydrogen-bond donors (Lipinski definition) is 1. The lowest BCUT2D eigenvalue weighted by Crippen LogP contribution is -2.22. The third kappa shape index (κ3) is 6.72. The maximum Gasteiger partial charge on any atom is 0.407 e. The molecule has 1 aromatic rings. The van der Waals surface area contributed by atoms with E-state index in [1.54, 1.807) is 12.1 Å². The molecule has 1 aliphatic heterocycles. The molecule has 8 heteroatoms. The van der Waals surface area contributed by atoms with Crippen molar-refractivity contribution in [2.45, 2.75) is 6.10 Å². The number of hydrogen-bond acceptors (Lipinski definition) is 6. The summed E-state index contributed by atoms with van der Waals surface area (Å²) in [6.07, 6.45) is -0.110. The fraction of sp³-hybridized carbons (Fsp3) is 0.333. The summed E-state index contributed by atoms with van der Waals surface area (Å²) in [5.74, 6) is 0. The highest BCUT2D eigenvalue weighted by Crippen LogP contribution is 2.01. The Morgan fingerprint density at radius 3 is 2.50 bits per heavy atom. The SMILES string of the molecule is CS(=O)(=O)OCC1CNC(=O)O1.N#Cc1ccccc1. The summed E-state index contributed by atoms with van der Waals surface area (Å²) in [7, 11) is -3.45. The molecule has 1 unspecified atom stereocenters. The van der Waals surface area contributed by atoms with Crippen LogP contribution in [-0.4, -0.2) is 40.0 Å². The van der Waals surface area contributed by atoms with Crippen LogP contribution in [0.2, 0.25) is 0 Å². The van der Waals surface area contributed by atoms with Gasteiger partial charge in [0, 0.05) is 0 Å². The first-order chi connectivity index (χ1) is 9.40. The fourth-order valence-corrected chi connectivity index (χ4v) is 1.64. The Hall–Kier alpha value is -2.11. The molecule has 1 N–H and O–H groups in total. The van der Waals surface area contributed by atoms with Gasteiger partial charge < -0.3 is 10.1 Å². The van der Waals surface area contributed by atoms with Gasteiger partial charge in [-0.15, -0.1) is 0 Å². The zero-order valence-corrected chi connectivity index (χ0v) is 11.6. The topological polar surface area (TPSA) is 105 Å². The summed E-state index contributed by atoms with van der Waals surface area (Å²) in [6, 6.07) is 11.2. The minimum absolute atomic E-state index is 0.127. The van der Waals surface area contributed by atoms with Crippen LogP contribution < -0.4 is 5.32 Å². The summed E-state index contributed by atoms with van der Waals surface area (Å²) in [4.78, 5) is 10.4. The predicted molar refractivity (Wildman–Crippen MR) is 70.2 cm³/mol. The second kappa shape index (κ2) is 7.47. The molecule has 1 saturated heterocycles. The summed E-state index contributed by atoms with van der Waals surface area (Å²) in [5, 5.41) is 10.7. The van der Waals surface area contributed by atoms with E-state index < -0.39 is 22.3 Å². The van der Waals surface area contributed by atoms with Crippen molar-refractivity contribution in [2.75, 3.05) is 19.4 Å². The van der Waals surface area contributed by atoms with E-state index in [9.17, 15) is 13.2 Å². The van der Waals surface area contributed by atoms with E-state index in [0.29, 0.717) is 5.56 Å². The number of cyclic esters (lactones) is 1. The van der Waals surface area contributed by atoms with Crippen molar-refractivity contribution in [3.8, 4) is 6.07 Å². The first-order valence-electron chi connectivity index (χ1n) is 5.65. The van der Waals surface area contributed by atoms with Crippen LogP contribution in [0.5, 0.6) is 0 Å². The molecule has 0 aromatic heterocycles. The van der Waals surface area contributed by atoms with Crippen LogP contribution in [-0.2, 0) is 19.0 Å². The molecule has 0 bridgehead atoms. The van der Waals surface area contributed by atoms with Gasteiger partial charge in [-0.05, 0) is 12.1 Å². The maximum atomic E-state index is 10.5. The molecular weight excluding hydrogens is 284 g/mol. The van der Waals surface area contributed by atoms with Crippen molar-refractivity contribution in [3.05, 3.63) is 35.9 Å². The van der Waals surface area contributed by atoms with E-state index in [-0.39, 0.29) is 13.2 Å². The number of carbonyl (C=O) groups excluding carboxylic acids is 1. The van der Waals surface area contributed by atoms with Crippen molar-refractivity contribution in [3.63, 3.8) is 0 Å². The molecule has 0 aliphatic carbocycles. The van der Waals surface area contributed by atoms with E-state index in [1.807, 2.05) is 24.3 Å². The number of ether oxygens (including phenoxy) is 1. The Morgan fingerprint density at radius 1 is 1.45 bits per heavy atom. The molecule has 1 aromatic carbocycles. The number of carbonyl (C=O) groups is 1. The minimum Gasteiger partial charge on any atom is -0.442 e. The number of rotatable bonds is 3. The van der Waals surface area contributed by atoms with Crippen molar-refractivity contribution < 1.29 is 22.1 Å². The number of amides is 1. The fourth-order valence-electron chi connectivity index (χ4n) is 1.24. The number of nitriles is 1. The second-order valence-electron chi connectivity index (χ2n) is 3.87. The molecule has 1 fully saturated rings. The number of alkyl carbamates (subject to hydrolysis) is 1. The lowest BCUT2D eigenvalue weighted by molar-refractivity contribution is 0.107. The average Bonchev–Trinajstić information content (AvgIpc) is 2.83. The molecule has 2 rings (SSSR count). The van der Waals surface area contributed by atoms with Crippen LogP contribution in [0.15, 0.2) is 30.3 Å². The first-order valence-corrected chi connectivity index (χ1v) is 7.46. The molecule has 1 heterocycles. The molecule has 20 heavy (non-hydrogen) atoms. The summed E-state index contributed by atoms with van der Waals surface area (Å²) in [6.45, 7) is 0.159. The Kier molecular flexibility index (Phi) is 5.96. The van der Waals surface area contributed by atoms with Crippen LogP contribution >= 0.6 is 0 Å². The highest BCUT2D eigenvalue weighted by molar-refractivity contribution is 7.85. The lowest BCUT2D eigenvalue weighted by Gasteiger charge is -2.05. The molecule has 1 aliphatic rings. The van der Waals surface area contributed by atoms with Crippen LogP contribution in [0.25, 0.3) is 0 Å². The normalized spacial score (nSPS) is 17.2. The largest absolute Gasteiger partial charge is 0.442 e. The molecular formula is C12H14N2O5S. The van der Waals surface area contributed by atoms with Crippen LogP contribution in [0.3, 0.4) is 0 Å². The third-order valence-electron chi connectivity index (χ3n) is 2.12. The predicted octanol–water partition coefficient (Wildman–Crippen LogP) is 0.629. The smallest absolute Gasteiger partial charge is 0.407 e. The van der Waals surface area contributed by atoms with Crippen LogP contribution in [0, 0.1) is 11.3 Å². The quantitative estimate of drug-likeness (QED) is 0.820. The van der Waals surface area contributed by atoms with Gasteiger partial charge in [0.1, 0.15) is 12.7 Å². The molecule has 7 nitrogen and oxygen atoms in total. The van der Waals surface area contributed by atoms with Crippen molar-refractivity contribution >= 4 is 16.2 Å². The van der Waals surface area contributed by atoms with Gasteiger partial charge >= 0.3 is 6.09 Å². The van der Waals surface area contributed by atoms with Gasteiger partial charge in [-0.3, -0.25) is 4.18 Å². The summed E-state index contributed by atoms with van der Waals surface area (Å²) in [5.41, 5.74) is 0.715. The number of nitrogens with one attached hydrogen (secondary N) is 1. The molecule has 0 radical (unpaired) electrons. The van der Waals surface area contributed by atoms with E-state index in [1.165, 1.54) is 0 Å². The van der Waals surface area contributed by atoms with Gasteiger partial charge in [0.05, 0.1) is 24.4 Å². The average molecular weight is 298 g/mol. The van der Waals surface area contributed by atoms with E-state index in [2.05, 4.69) is 14.2 Å².